The fourth-order valence-electron chi connectivity index (χ4n) is 5.63. The minimum Gasteiger partial charge on any atom is -0.380 e. The number of amides is 1. The highest BCUT2D eigenvalue weighted by Gasteiger charge is 2.42. The van der Waals surface area contributed by atoms with E-state index >= 15 is 0 Å². The molecule has 1 amide bonds. The molecule has 0 aromatic carbocycles. The van der Waals surface area contributed by atoms with Crippen molar-refractivity contribution in [3.8, 4) is 0 Å². The lowest BCUT2D eigenvalue weighted by molar-refractivity contribution is -0.123. The first kappa shape index (κ1) is 25.9. The van der Waals surface area contributed by atoms with E-state index in [4.69, 9.17) is 16.3 Å². The van der Waals surface area contributed by atoms with Gasteiger partial charge in [0, 0.05) is 25.1 Å². The number of carbonyl (C=O) groups excluding carboxylic acids is 2. The summed E-state index contributed by atoms with van der Waals surface area (Å²) in [6.45, 7) is 1.47. The van der Waals surface area contributed by atoms with Crippen LogP contribution < -0.4 is 5.32 Å². The normalized spacial score (nSPS) is 32.6. The number of alkyl halides is 1. The zero-order valence-electron chi connectivity index (χ0n) is 19.4. The van der Waals surface area contributed by atoms with Gasteiger partial charge < -0.3 is 10.1 Å². The summed E-state index contributed by atoms with van der Waals surface area (Å²) in [7, 11) is -1.97. The highest BCUT2D eigenvalue weighted by molar-refractivity contribution is 7.89. The minimum atomic E-state index is -3.60. The molecular weight excluding hydrogens is 452 g/mol. The molecule has 3 rings (SSSR count). The van der Waals surface area contributed by atoms with E-state index in [1.807, 2.05) is 0 Å². The molecular formula is C23H39ClN2O5S. The van der Waals surface area contributed by atoms with E-state index in [0.29, 0.717) is 32.1 Å². The third-order valence-electron chi connectivity index (χ3n) is 7.66. The van der Waals surface area contributed by atoms with E-state index in [0.717, 1.165) is 44.9 Å². The molecule has 9 heteroatoms. The number of nitrogens with zero attached hydrogens (tertiary/aromatic N) is 1. The van der Waals surface area contributed by atoms with E-state index in [1.165, 1.54) is 4.31 Å². The highest BCUT2D eigenvalue weighted by atomic mass is 35.5. The maximum Gasteiger partial charge on any atom is 0.235 e. The van der Waals surface area contributed by atoms with Crippen LogP contribution in [0.4, 0.5) is 0 Å². The number of ketones is 1. The van der Waals surface area contributed by atoms with E-state index in [1.54, 1.807) is 14.0 Å². The molecule has 184 valence electrons. The zero-order valence-corrected chi connectivity index (χ0v) is 21.0. The Kier molecular flexibility index (Phi) is 9.42. The molecule has 3 saturated carbocycles. The Balaban J connectivity index is 1.68. The molecule has 0 spiro atoms. The average Bonchev–Trinajstić information content (AvgIpc) is 2.78. The fraction of sp³-hybridized carbons (Fsp3) is 0.913. The van der Waals surface area contributed by atoms with Crippen LogP contribution in [0.2, 0.25) is 0 Å². The topological polar surface area (TPSA) is 92.8 Å². The summed E-state index contributed by atoms with van der Waals surface area (Å²) in [6, 6.07) is -0.280. The van der Waals surface area contributed by atoms with Crippen LogP contribution in [0.15, 0.2) is 0 Å². The summed E-state index contributed by atoms with van der Waals surface area (Å²) < 4.78 is 34.1. The molecule has 0 aliphatic heterocycles. The third kappa shape index (κ3) is 6.45. The smallest absolute Gasteiger partial charge is 0.235 e. The van der Waals surface area contributed by atoms with Crippen LogP contribution >= 0.6 is 11.6 Å². The molecule has 0 saturated heterocycles. The molecule has 3 unspecified atom stereocenters. The average molecular weight is 491 g/mol. The Morgan fingerprint density at radius 1 is 1.00 bits per heavy atom. The maximum atomic E-state index is 13.6. The number of sulfonamides is 1. The SMILES string of the molecule is COC1CCC(N(CC(=O)NC2CCC(C(C)=O)CC2)S(=O)(=O)C2CCCCC2)CC1Cl. The first-order valence-electron chi connectivity index (χ1n) is 12.2. The van der Waals surface area contributed by atoms with Gasteiger partial charge in [0.15, 0.2) is 0 Å². The van der Waals surface area contributed by atoms with Crippen LogP contribution in [0, 0.1) is 5.92 Å². The first-order chi connectivity index (χ1) is 15.2. The van der Waals surface area contributed by atoms with Gasteiger partial charge in [-0.1, -0.05) is 19.3 Å². The maximum absolute atomic E-state index is 13.6. The van der Waals surface area contributed by atoms with Crippen LogP contribution in [-0.4, -0.2) is 66.9 Å². The summed E-state index contributed by atoms with van der Waals surface area (Å²) in [4.78, 5) is 24.6. The molecule has 0 aromatic rings. The molecule has 0 aromatic heterocycles. The van der Waals surface area contributed by atoms with Gasteiger partial charge in [-0.2, -0.15) is 4.31 Å². The molecule has 3 aliphatic rings. The lowest BCUT2D eigenvalue weighted by atomic mass is 9.84. The van der Waals surface area contributed by atoms with Crippen LogP contribution in [0.5, 0.6) is 0 Å². The minimum absolute atomic E-state index is 0.00216. The second kappa shape index (κ2) is 11.6. The Morgan fingerprint density at radius 3 is 2.22 bits per heavy atom. The number of halogens is 1. The molecule has 3 aliphatic carbocycles. The van der Waals surface area contributed by atoms with Crippen molar-refractivity contribution in [3.63, 3.8) is 0 Å². The predicted octanol–water partition coefficient (Wildman–Crippen LogP) is 3.39. The van der Waals surface area contributed by atoms with Gasteiger partial charge in [-0.05, 0) is 64.7 Å². The van der Waals surface area contributed by atoms with Gasteiger partial charge in [-0.15, -0.1) is 11.6 Å². The monoisotopic (exact) mass is 490 g/mol. The number of nitrogens with one attached hydrogen (secondary N) is 1. The number of rotatable bonds is 8. The van der Waals surface area contributed by atoms with Gasteiger partial charge in [0.1, 0.15) is 5.78 Å². The summed E-state index contributed by atoms with van der Waals surface area (Å²) in [6.07, 6.45) is 9.02. The molecule has 0 radical (unpaired) electrons. The van der Waals surface area contributed by atoms with Gasteiger partial charge >= 0.3 is 0 Å². The van der Waals surface area contributed by atoms with Gasteiger partial charge in [0.2, 0.25) is 15.9 Å². The molecule has 7 nitrogen and oxygen atoms in total. The van der Waals surface area contributed by atoms with Crippen LogP contribution in [0.25, 0.3) is 0 Å². The van der Waals surface area contributed by atoms with Gasteiger partial charge in [-0.3, -0.25) is 9.59 Å². The van der Waals surface area contributed by atoms with Crippen LogP contribution in [-0.2, 0) is 24.3 Å². The number of carbonyl (C=O) groups is 2. The number of hydrogen-bond donors (Lipinski definition) is 1. The lowest BCUT2D eigenvalue weighted by Gasteiger charge is -2.40. The van der Waals surface area contributed by atoms with Crippen molar-refractivity contribution in [2.24, 2.45) is 5.92 Å². The Morgan fingerprint density at radius 2 is 1.66 bits per heavy atom. The van der Waals surface area contributed by atoms with E-state index in [2.05, 4.69) is 5.32 Å². The van der Waals surface area contributed by atoms with Gasteiger partial charge in [0.25, 0.3) is 0 Å². The fourth-order valence-corrected chi connectivity index (χ4v) is 8.29. The summed E-state index contributed by atoms with van der Waals surface area (Å²) in [5, 5.41) is 2.36. The molecule has 32 heavy (non-hydrogen) atoms. The number of ether oxygens (including phenoxy) is 1. The molecule has 0 bridgehead atoms. The number of methoxy groups -OCH3 is 1. The standard InChI is InChI=1S/C23H39ClN2O5S/c1-16(27)17-8-10-18(11-9-17)25-23(28)15-26(19-12-13-22(31-2)21(24)14-19)32(29,30)20-6-4-3-5-7-20/h17-22H,3-15H2,1-2H3,(H,25,28). The predicted molar refractivity (Wildman–Crippen MR) is 125 cm³/mol. The van der Waals surface area contributed by atoms with Crippen molar-refractivity contribution in [1.29, 1.82) is 0 Å². The molecule has 3 fully saturated rings. The Bertz CT molecular complexity index is 747. The van der Waals surface area contributed by atoms with Crippen molar-refractivity contribution in [1.82, 2.24) is 9.62 Å². The van der Waals surface area contributed by atoms with Crippen molar-refractivity contribution in [2.45, 2.75) is 113 Å². The van der Waals surface area contributed by atoms with E-state index in [9.17, 15) is 18.0 Å². The van der Waals surface area contributed by atoms with Crippen LogP contribution in [0.1, 0.15) is 84.0 Å². The van der Waals surface area contributed by atoms with Gasteiger partial charge in [0.05, 0.1) is 23.3 Å². The van der Waals surface area contributed by atoms with Crippen LogP contribution in [0.3, 0.4) is 0 Å². The van der Waals surface area contributed by atoms with E-state index in [-0.39, 0.29) is 47.7 Å². The Hall–Kier alpha value is -0.700. The quantitative estimate of drug-likeness (QED) is 0.526. The largest absolute Gasteiger partial charge is 0.380 e. The summed E-state index contributed by atoms with van der Waals surface area (Å²) >= 11 is 6.51. The molecule has 1 N–H and O–H groups in total. The second-order valence-electron chi connectivity index (χ2n) is 9.83. The zero-order chi connectivity index (χ0) is 23.3. The molecule has 0 heterocycles. The first-order valence-corrected chi connectivity index (χ1v) is 14.1. The Labute approximate surface area is 198 Å². The number of hydrogen-bond acceptors (Lipinski definition) is 5. The van der Waals surface area contributed by atoms with Crippen molar-refractivity contribution in [2.75, 3.05) is 13.7 Å². The van der Waals surface area contributed by atoms with Crippen molar-refractivity contribution < 1.29 is 22.7 Å². The van der Waals surface area contributed by atoms with Crippen molar-refractivity contribution in [3.05, 3.63) is 0 Å². The lowest BCUT2D eigenvalue weighted by Crippen LogP contribution is -2.53. The van der Waals surface area contributed by atoms with Crippen molar-refractivity contribution >= 4 is 33.3 Å². The summed E-state index contributed by atoms with van der Waals surface area (Å²) in [5.41, 5.74) is 0. The van der Waals surface area contributed by atoms with E-state index < -0.39 is 15.3 Å². The summed E-state index contributed by atoms with van der Waals surface area (Å²) in [5.74, 6) is 0.0421. The molecule has 3 atom stereocenters. The number of Topliss-reactive ketones (excluding diaryl/α,β-unsaturated/α-hetero) is 1. The van der Waals surface area contributed by atoms with Gasteiger partial charge in [-0.25, -0.2) is 8.42 Å². The highest BCUT2D eigenvalue weighted by Crippen LogP contribution is 2.34. The second-order valence-corrected chi connectivity index (χ2v) is 12.6. The third-order valence-corrected chi connectivity index (χ3v) is 10.5.